The molecule has 4 heterocycles. The van der Waals surface area contributed by atoms with Gasteiger partial charge in [-0.25, -0.2) is 4.98 Å². The lowest BCUT2D eigenvalue weighted by Crippen LogP contribution is -2.54. The minimum atomic E-state index is -1.02. The Balaban J connectivity index is 0.629. The van der Waals surface area contributed by atoms with Gasteiger partial charge < -0.3 is 45.5 Å². The van der Waals surface area contributed by atoms with Crippen LogP contribution in [0.15, 0.2) is 67.0 Å². The first-order chi connectivity index (χ1) is 32.7. The first-order valence-corrected chi connectivity index (χ1v) is 23.1. The Morgan fingerprint density at radius 2 is 1.45 bits per heavy atom. The number of nitrogens with zero attached hydrogens (tertiary/aromatic N) is 3. The molecule has 2 aromatic heterocycles. The maximum Gasteiger partial charge on any atom is 0.264 e. The zero-order chi connectivity index (χ0) is 46.5. The Hall–Kier alpha value is -6.54. The van der Waals surface area contributed by atoms with Gasteiger partial charge in [-0.15, -0.1) is 0 Å². The standard InChI is InChI=1S/C48H57N9O10/c58-42-15-13-40(46(61)56-42)57-47(62)36-2-1-3-38(43(36)48(57)63)50-18-20-64-22-24-66-26-27-67-25-23-65-21-19-51-44(59)30-4-7-33(8-5-30)54-45(60)35-12-11-34(28-39(35)52-32-9-10-32)53-41-14-6-31-29-49-17-16-37(31)55-41/h1-3,6,11-12,14,16-17,28-30,32-33,40,50,52H,4-5,7-10,13,15,18-27H2,(H,51,59)(H,53,55)(H,54,60)(H,56,58,61)/t30-,33-,40?. The summed E-state index contributed by atoms with van der Waals surface area (Å²) in [7, 11) is 0. The summed E-state index contributed by atoms with van der Waals surface area (Å²) in [5, 5.41) is 19.4. The van der Waals surface area contributed by atoms with E-state index < -0.39 is 29.7 Å². The van der Waals surface area contributed by atoms with Gasteiger partial charge in [0.15, 0.2) is 0 Å². The highest BCUT2D eigenvalue weighted by Crippen LogP contribution is 2.33. The number of amides is 6. The van der Waals surface area contributed by atoms with E-state index >= 15 is 0 Å². The Morgan fingerprint density at radius 3 is 2.18 bits per heavy atom. The molecule has 0 bridgehead atoms. The molecule has 1 unspecified atom stereocenters. The molecule has 6 amide bonds. The van der Waals surface area contributed by atoms with Gasteiger partial charge >= 0.3 is 0 Å². The van der Waals surface area contributed by atoms with E-state index in [0.717, 1.165) is 52.9 Å². The van der Waals surface area contributed by atoms with Crippen molar-refractivity contribution in [2.75, 3.05) is 81.9 Å². The molecule has 2 aliphatic heterocycles. The predicted octanol–water partition coefficient (Wildman–Crippen LogP) is 3.93. The van der Waals surface area contributed by atoms with Gasteiger partial charge in [-0.3, -0.25) is 44.0 Å². The van der Waals surface area contributed by atoms with Crippen LogP contribution in [0.1, 0.15) is 82.4 Å². The van der Waals surface area contributed by atoms with Crippen molar-refractivity contribution < 1.29 is 47.7 Å². The van der Waals surface area contributed by atoms with Crippen LogP contribution in [0.3, 0.4) is 0 Å². The second-order valence-corrected chi connectivity index (χ2v) is 16.9. The number of nitrogens with one attached hydrogen (secondary N) is 6. The molecular formula is C48H57N9O10. The zero-order valence-corrected chi connectivity index (χ0v) is 37.3. The highest BCUT2D eigenvalue weighted by atomic mass is 16.6. The maximum atomic E-state index is 13.5. The van der Waals surface area contributed by atoms with Crippen LogP contribution < -0.4 is 31.9 Å². The fourth-order valence-electron chi connectivity index (χ4n) is 8.41. The third-order valence-electron chi connectivity index (χ3n) is 12.1. The van der Waals surface area contributed by atoms with Crippen LogP contribution in [0.2, 0.25) is 0 Å². The van der Waals surface area contributed by atoms with Gasteiger partial charge in [0.25, 0.3) is 17.7 Å². The fourth-order valence-corrected chi connectivity index (χ4v) is 8.41. The quantitative estimate of drug-likeness (QED) is 0.0431. The van der Waals surface area contributed by atoms with E-state index in [1.807, 2.05) is 36.4 Å². The number of carbonyl (C=O) groups is 6. The molecule has 8 rings (SSSR count). The summed E-state index contributed by atoms with van der Waals surface area (Å²) < 4.78 is 22.4. The summed E-state index contributed by atoms with van der Waals surface area (Å²) in [6.07, 6.45) is 8.63. The first kappa shape index (κ1) is 47.0. The van der Waals surface area contributed by atoms with E-state index in [0.29, 0.717) is 102 Å². The van der Waals surface area contributed by atoms with Crippen LogP contribution in [-0.2, 0) is 33.3 Å². The maximum absolute atomic E-state index is 13.5. The number of hydrogen-bond donors (Lipinski definition) is 6. The number of pyridine rings is 2. The Morgan fingerprint density at radius 1 is 0.731 bits per heavy atom. The average molecular weight is 920 g/mol. The normalized spacial score (nSPS) is 19.2. The molecule has 67 heavy (non-hydrogen) atoms. The molecular weight excluding hydrogens is 863 g/mol. The lowest BCUT2D eigenvalue weighted by molar-refractivity contribution is -0.136. The van der Waals surface area contributed by atoms with Gasteiger partial charge in [-0.2, -0.15) is 0 Å². The summed E-state index contributed by atoms with van der Waals surface area (Å²) >= 11 is 0. The lowest BCUT2D eigenvalue weighted by Gasteiger charge is -2.28. The molecule has 4 aliphatic rings. The van der Waals surface area contributed by atoms with E-state index in [4.69, 9.17) is 18.9 Å². The number of anilines is 4. The fraction of sp³-hybridized carbons (Fsp3) is 0.458. The highest BCUT2D eigenvalue weighted by molar-refractivity contribution is 6.25. The minimum Gasteiger partial charge on any atom is -0.382 e. The number of ether oxygens (including phenoxy) is 4. The Labute approximate surface area is 387 Å². The van der Waals surface area contributed by atoms with E-state index in [-0.39, 0.29) is 47.7 Å². The van der Waals surface area contributed by atoms with Crippen molar-refractivity contribution in [2.24, 2.45) is 5.92 Å². The van der Waals surface area contributed by atoms with Gasteiger partial charge in [-0.05, 0) is 93.5 Å². The molecule has 6 N–H and O–H groups in total. The number of carbonyl (C=O) groups excluding carboxylic acids is 6. The van der Waals surface area contributed by atoms with Crippen LogP contribution in [0.5, 0.6) is 0 Å². The molecule has 2 aromatic carbocycles. The Kier molecular flexibility index (Phi) is 16.0. The molecule has 19 heteroatoms. The first-order valence-electron chi connectivity index (χ1n) is 23.1. The van der Waals surface area contributed by atoms with Gasteiger partial charge in [0, 0.05) is 72.4 Å². The van der Waals surface area contributed by atoms with Crippen molar-refractivity contribution >= 4 is 69.2 Å². The van der Waals surface area contributed by atoms with Crippen molar-refractivity contribution in [3.8, 4) is 0 Å². The summed E-state index contributed by atoms with van der Waals surface area (Å²) in [6.45, 7) is 3.71. The summed E-state index contributed by atoms with van der Waals surface area (Å²) in [4.78, 5) is 86.3. The summed E-state index contributed by atoms with van der Waals surface area (Å²) in [6, 6.07) is 15.7. The molecule has 1 saturated heterocycles. The van der Waals surface area contributed by atoms with Crippen LogP contribution in [0.4, 0.5) is 22.9 Å². The van der Waals surface area contributed by atoms with Gasteiger partial charge in [0.1, 0.15) is 11.9 Å². The van der Waals surface area contributed by atoms with Crippen molar-refractivity contribution in [1.82, 2.24) is 30.8 Å². The smallest absolute Gasteiger partial charge is 0.264 e. The van der Waals surface area contributed by atoms with E-state index in [9.17, 15) is 28.8 Å². The predicted molar refractivity (Wildman–Crippen MR) is 247 cm³/mol. The summed E-state index contributed by atoms with van der Waals surface area (Å²) in [5.74, 6) is -1.72. The van der Waals surface area contributed by atoms with Crippen LogP contribution >= 0.6 is 0 Å². The molecule has 1 atom stereocenters. The average Bonchev–Trinajstić information content (AvgIpc) is 4.11. The van der Waals surface area contributed by atoms with Crippen LogP contribution in [0, 0.1) is 5.92 Å². The largest absolute Gasteiger partial charge is 0.382 e. The van der Waals surface area contributed by atoms with Crippen molar-refractivity contribution in [3.05, 3.63) is 83.7 Å². The molecule has 0 radical (unpaired) electrons. The number of piperidine rings is 1. The second kappa shape index (κ2) is 22.8. The van der Waals surface area contributed by atoms with Crippen molar-refractivity contribution in [1.29, 1.82) is 0 Å². The molecule has 19 nitrogen and oxygen atoms in total. The molecule has 354 valence electrons. The number of aromatic nitrogens is 2. The van der Waals surface area contributed by atoms with Crippen LogP contribution in [-0.4, -0.2) is 134 Å². The van der Waals surface area contributed by atoms with Gasteiger partial charge in [-0.1, -0.05) is 6.07 Å². The third-order valence-corrected chi connectivity index (χ3v) is 12.1. The number of benzene rings is 2. The molecule has 3 fully saturated rings. The number of imide groups is 2. The number of hydrogen-bond acceptors (Lipinski definition) is 15. The van der Waals surface area contributed by atoms with Crippen molar-refractivity contribution in [3.63, 3.8) is 0 Å². The highest BCUT2D eigenvalue weighted by Gasteiger charge is 2.45. The topological polar surface area (TPSA) is 241 Å². The molecule has 4 aromatic rings. The van der Waals surface area contributed by atoms with Crippen LogP contribution in [0.25, 0.3) is 10.9 Å². The minimum absolute atomic E-state index is 0.00669. The lowest BCUT2D eigenvalue weighted by atomic mass is 9.85. The number of rotatable bonds is 24. The van der Waals surface area contributed by atoms with Crippen molar-refractivity contribution in [2.45, 2.75) is 69.5 Å². The third kappa shape index (κ3) is 12.5. The SMILES string of the molecule is O=C1CCC(N2C(=O)c3cccc(NCCOCCOCCOCCOCCNC(=O)[C@H]4CC[C@H](NC(=O)c5ccc(Nc6ccc7cnccc7n6)cc5NC5CC5)CC4)c3C2=O)C(=O)N1. The molecule has 2 saturated carbocycles. The molecule has 0 spiro atoms. The van der Waals surface area contributed by atoms with E-state index in [1.54, 1.807) is 30.6 Å². The Bertz CT molecular complexity index is 2440. The summed E-state index contributed by atoms with van der Waals surface area (Å²) in [5.41, 5.74) is 3.93. The van der Waals surface area contributed by atoms with Gasteiger partial charge in [0.2, 0.25) is 17.7 Å². The second-order valence-electron chi connectivity index (χ2n) is 16.9. The van der Waals surface area contributed by atoms with Gasteiger partial charge in [0.05, 0.1) is 75.1 Å². The van der Waals surface area contributed by atoms with E-state index in [2.05, 4.69) is 41.9 Å². The molecule has 2 aliphatic carbocycles. The zero-order valence-electron chi connectivity index (χ0n) is 37.3. The number of fused-ring (bicyclic) bond motifs is 2. The monoisotopic (exact) mass is 919 g/mol. The van der Waals surface area contributed by atoms with E-state index in [1.165, 1.54) is 0 Å².